The van der Waals surface area contributed by atoms with Crippen molar-refractivity contribution in [1.29, 1.82) is 0 Å². The molecule has 13 aromatic rings. The minimum absolute atomic E-state index is 0.741. The van der Waals surface area contributed by atoms with E-state index < -0.39 is 0 Å². The predicted molar refractivity (Wildman–Crippen MR) is 257 cm³/mol. The fourth-order valence-corrected chi connectivity index (χ4v) is 9.58. The zero-order valence-electron chi connectivity index (χ0n) is 33.8. The fraction of sp³-hybridized carbons (Fsp3) is 0. The number of nitrogens with zero attached hydrogens (tertiary/aromatic N) is 7. The summed E-state index contributed by atoms with van der Waals surface area (Å²) in [4.78, 5) is 21.4. The normalized spacial score (nSPS) is 11.8. The summed E-state index contributed by atoms with van der Waals surface area (Å²) in [5, 5.41) is 7.13. The third-order valence-electron chi connectivity index (χ3n) is 12.3. The minimum atomic E-state index is 0.741. The summed E-state index contributed by atoms with van der Waals surface area (Å²) >= 11 is 0. The van der Waals surface area contributed by atoms with Gasteiger partial charge in [-0.05, 0) is 84.9 Å². The molecule has 0 radical (unpaired) electrons. The lowest BCUT2D eigenvalue weighted by atomic mass is 10.1. The second-order valence-electron chi connectivity index (χ2n) is 15.8. The lowest BCUT2D eigenvalue weighted by Gasteiger charge is -2.16. The van der Waals surface area contributed by atoms with Gasteiger partial charge in [-0.3, -0.25) is 9.13 Å². The summed E-state index contributed by atoms with van der Waals surface area (Å²) in [6.07, 6.45) is 0. The lowest BCUT2D eigenvalue weighted by Crippen LogP contribution is -2.05. The average molecular weight is 806 g/mol. The highest BCUT2D eigenvalue weighted by Gasteiger charge is 2.21. The van der Waals surface area contributed by atoms with Gasteiger partial charge in [0, 0.05) is 32.3 Å². The molecular weight excluding hydrogens is 771 g/mol. The highest BCUT2D eigenvalue weighted by Crippen LogP contribution is 2.38. The largest absolute Gasteiger partial charge is 0.307 e. The van der Waals surface area contributed by atoms with Crippen molar-refractivity contribution in [3.8, 4) is 51.5 Å². The van der Waals surface area contributed by atoms with Gasteiger partial charge in [-0.1, -0.05) is 127 Å². The molecule has 0 spiro atoms. The molecule has 0 saturated carbocycles. The van der Waals surface area contributed by atoms with Crippen LogP contribution in [0.4, 0.5) is 0 Å². The van der Waals surface area contributed by atoms with Gasteiger partial charge in [0.15, 0.2) is 0 Å². The number of hydrogen-bond acceptors (Lipinski definition) is 4. The van der Waals surface area contributed by atoms with Crippen LogP contribution in [0.5, 0.6) is 0 Å². The van der Waals surface area contributed by atoms with E-state index >= 15 is 0 Å². The van der Waals surface area contributed by atoms with E-state index in [0.29, 0.717) is 0 Å². The Morgan fingerprint density at radius 3 is 0.968 bits per heavy atom. The van der Waals surface area contributed by atoms with Crippen molar-refractivity contribution in [3.05, 3.63) is 212 Å². The van der Waals surface area contributed by atoms with Gasteiger partial charge in [0.2, 0.25) is 0 Å². The van der Waals surface area contributed by atoms with Gasteiger partial charge < -0.3 is 4.57 Å². The van der Waals surface area contributed by atoms with Gasteiger partial charge in [-0.25, -0.2) is 19.9 Å². The summed E-state index contributed by atoms with van der Waals surface area (Å²) in [6.45, 7) is 0. The van der Waals surface area contributed by atoms with Crippen LogP contribution >= 0.6 is 0 Å². The molecule has 7 heterocycles. The maximum atomic E-state index is 5.58. The minimum Gasteiger partial charge on any atom is -0.307 e. The second kappa shape index (κ2) is 13.9. The van der Waals surface area contributed by atoms with Crippen LogP contribution in [-0.2, 0) is 0 Å². The first kappa shape index (κ1) is 35.1. The number of fused-ring (bicyclic) bond motifs is 9. The highest BCUT2D eigenvalue weighted by molar-refractivity contribution is 6.11. The third-order valence-corrected chi connectivity index (χ3v) is 12.3. The van der Waals surface area contributed by atoms with Gasteiger partial charge >= 0.3 is 0 Å². The number of pyridine rings is 4. The fourth-order valence-electron chi connectivity index (χ4n) is 9.58. The molecule has 63 heavy (non-hydrogen) atoms. The molecule has 7 nitrogen and oxygen atoms in total. The van der Waals surface area contributed by atoms with Crippen molar-refractivity contribution in [2.75, 3.05) is 0 Å². The van der Waals surface area contributed by atoms with E-state index in [0.717, 1.165) is 84.6 Å². The Kier molecular flexibility index (Phi) is 7.77. The van der Waals surface area contributed by atoms with Crippen LogP contribution < -0.4 is 0 Å². The predicted octanol–water partition coefficient (Wildman–Crippen LogP) is 13.6. The average Bonchev–Trinajstić information content (AvgIpc) is 4.00. The van der Waals surface area contributed by atoms with Crippen LogP contribution in [0.3, 0.4) is 0 Å². The Bertz CT molecular complexity index is 3790. The molecule has 0 fully saturated rings. The molecule has 6 aromatic carbocycles. The maximum absolute atomic E-state index is 5.58. The Hall–Kier alpha value is -8.68. The molecule has 0 amide bonds. The van der Waals surface area contributed by atoms with E-state index in [2.05, 4.69) is 196 Å². The second-order valence-corrected chi connectivity index (χ2v) is 15.8. The Morgan fingerprint density at radius 2 is 0.540 bits per heavy atom. The molecular formula is C56H35N7. The molecule has 0 bridgehead atoms. The number of rotatable bonds is 6. The van der Waals surface area contributed by atoms with Crippen LogP contribution in [0.25, 0.3) is 117 Å². The third kappa shape index (κ3) is 5.46. The number of hydrogen-bond donors (Lipinski definition) is 0. The van der Waals surface area contributed by atoms with Gasteiger partial charge in [-0.15, -0.1) is 0 Å². The number of para-hydroxylation sites is 6. The zero-order valence-corrected chi connectivity index (χ0v) is 33.8. The van der Waals surface area contributed by atoms with E-state index in [9.17, 15) is 0 Å². The van der Waals surface area contributed by atoms with Gasteiger partial charge in [-0.2, -0.15) is 0 Å². The van der Waals surface area contributed by atoms with E-state index in [4.69, 9.17) is 19.9 Å². The molecule has 0 saturated heterocycles. The Labute approximate surface area is 361 Å². The molecule has 294 valence electrons. The molecule has 7 aromatic heterocycles. The van der Waals surface area contributed by atoms with Crippen LogP contribution in [0.15, 0.2) is 212 Å². The molecule has 0 aliphatic rings. The number of benzene rings is 6. The summed E-state index contributed by atoms with van der Waals surface area (Å²) in [6, 6.07) is 73.9. The van der Waals surface area contributed by atoms with Crippen molar-refractivity contribution < 1.29 is 0 Å². The van der Waals surface area contributed by atoms with E-state index in [1.54, 1.807) is 0 Å². The highest BCUT2D eigenvalue weighted by atomic mass is 15.1. The summed E-state index contributed by atoms with van der Waals surface area (Å²) in [5.41, 5.74) is 12.1. The van der Waals surface area contributed by atoms with Crippen LogP contribution in [0.1, 0.15) is 0 Å². The Morgan fingerprint density at radius 1 is 0.222 bits per heavy atom. The molecule has 0 N–H and O–H groups in total. The van der Waals surface area contributed by atoms with Crippen molar-refractivity contribution in [2.45, 2.75) is 0 Å². The van der Waals surface area contributed by atoms with Crippen molar-refractivity contribution in [3.63, 3.8) is 0 Å². The molecule has 13 rings (SSSR count). The molecule has 0 unspecified atom stereocenters. The van der Waals surface area contributed by atoms with E-state index in [1.165, 1.54) is 32.3 Å². The quantitative estimate of drug-likeness (QED) is 0.168. The van der Waals surface area contributed by atoms with Gasteiger partial charge in [0.1, 0.15) is 17.3 Å². The van der Waals surface area contributed by atoms with Crippen molar-refractivity contribution in [1.82, 2.24) is 33.6 Å². The van der Waals surface area contributed by atoms with Crippen molar-refractivity contribution in [2.24, 2.45) is 0 Å². The first-order chi connectivity index (χ1) is 31.3. The standard InChI is InChI=1S/C56H35N7/c1-7-27-47-36(16-1)37-17-2-8-28-48(37)61(47)53-34-35-55(63-51-31-11-5-20-40(51)41-21-6-12-32-52(41)63)60-56(53)46-26-14-24-43(58-46)42-22-13-23-44(57-42)45-25-15-33-54(59-45)62-49-29-9-3-18-38(49)39-19-4-10-30-50(39)62/h1-35H. The monoisotopic (exact) mass is 805 g/mol. The summed E-state index contributed by atoms with van der Waals surface area (Å²) < 4.78 is 6.82. The first-order valence-electron chi connectivity index (χ1n) is 21.2. The molecule has 0 aliphatic carbocycles. The topological polar surface area (TPSA) is 66.3 Å². The summed E-state index contributed by atoms with van der Waals surface area (Å²) in [7, 11) is 0. The van der Waals surface area contributed by atoms with Gasteiger partial charge in [0.05, 0.1) is 67.3 Å². The lowest BCUT2D eigenvalue weighted by molar-refractivity contribution is 1.05. The first-order valence-corrected chi connectivity index (χ1v) is 21.2. The van der Waals surface area contributed by atoms with E-state index in [1.807, 2.05) is 30.3 Å². The molecule has 7 heteroatoms. The molecule has 0 atom stereocenters. The zero-order chi connectivity index (χ0) is 41.4. The van der Waals surface area contributed by atoms with Crippen LogP contribution in [-0.4, -0.2) is 33.6 Å². The SMILES string of the molecule is c1cc(-c2cccc(-c3nc(-n4c5ccccc5c5ccccc54)ccc3-n3c4ccccc4c4ccccc43)n2)nc(-c2cccc(-n3c4ccccc4c4ccccc43)n2)c1. The summed E-state index contributed by atoms with van der Waals surface area (Å²) in [5.74, 6) is 1.65. The van der Waals surface area contributed by atoms with Crippen LogP contribution in [0, 0.1) is 0 Å². The number of aromatic nitrogens is 7. The smallest absolute Gasteiger partial charge is 0.138 e. The van der Waals surface area contributed by atoms with Gasteiger partial charge in [0.25, 0.3) is 0 Å². The van der Waals surface area contributed by atoms with E-state index in [-0.39, 0.29) is 0 Å². The van der Waals surface area contributed by atoms with Crippen molar-refractivity contribution >= 4 is 65.4 Å². The van der Waals surface area contributed by atoms with Crippen LogP contribution in [0.2, 0.25) is 0 Å². The molecule has 0 aliphatic heterocycles. The Balaban J connectivity index is 0.977. The maximum Gasteiger partial charge on any atom is 0.138 e.